The monoisotopic (exact) mass is 207 g/mol. The minimum atomic E-state index is 0.594. The van der Waals surface area contributed by atoms with E-state index < -0.39 is 0 Å². The number of nitrogens with one attached hydrogen (secondary N) is 1. The van der Waals surface area contributed by atoms with E-state index in [1.54, 1.807) is 7.11 Å². The van der Waals surface area contributed by atoms with Gasteiger partial charge in [-0.05, 0) is 13.0 Å². The molecule has 0 bridgehead atoms. The second-order valence-corrected chi connectivity index (χ2v) is 3.24. The van der Waals surface area contributed by atoms with Gasteiger partial charge in [0.25, 0.3) is 0 Å². The number of nitrogens with zero attached hydrogens (tertiary/aromatic N) is 1. The summed E-state index contributed by atoms with van der Waals surface area (Å²) in [5.74, 6) is 6.11. The molecule has 0 aliphatic carbocycles. The number of rotatable bonds is 4. The van der Waals surface area contributed by atoms with Crippen molar-refractivity contribution in [1.82, 2.24) is 5.43 Å². The van der Waals surface area contributed by atoms with Gasteiger partial charge in [-0.1, -0.05) is 23.8 Å². The molecule has 15 heavy (non-hydrogen) atoms. The summed E-state index contributed by atoms with van der Waals surface area (Å²) >= 11 is 0. The molecule has 3 N–H and O–H groups in total. The van der Waals surface area contributed by atoms with E-state index in [4.69, 9.17) is 10.6 Å². The number of aryl methyl sites for hydroxylation is 1. The number of amidine groups is 1. The number of methoxy groups -OCH3 is 1. The van der Waals surface area contributed by atoms with Gasteiger partial charge in [0, 0.05) is 12.7 Å². The Morgan fingerprint density at radius 2 is 2.33 bits per heavy atom. The van der Waals surface area contributed by atoms with Gasteiger partial charge in [0.05, 0.1) is 13.2 Å². The first-order valence-corrected chi connectivity index (χ1v) is 4.85. The maximum absolute atomic E-state index is 5.42. The van der Waals surface area contributed by atoms with Crippen LogP contribution in [0.4, 0.5) is 0 Å². The third-order valence-electron chi connectivity index (χ3n) is 1.99. The maximum Gasteiger partial charge on any atom is 0.142 e. The predicted octanol–water partition coefficient (Wildman–Crippen LogP) is 0.851. The van der Waals surface area contributed by atoms with Crippen LogP contribution in [0.3, 0.4) is 0 Å². The molecule has 82 valence electrons. The van der Waals surface area contributed by atoms with Crippen molar-refractivity contribution in [3.05, 3.63) is 35.4 Å². The fraction of sp³-hybridized carbons (Fsp3) is 0.364. The number of ether oxygens (including phenoxy) is 1. The van der Waals surface area contributed by atoms with Crippen molar-refractivity contribution in [2.24, 2.45) is 10.8 Å². The summed E-state index contributed by atoms with van der Waals surface area (Å²) in [6.07, 6.45) is 0. The Balaban J connectivity index is 2.77. The molecule has 0 saturated carbocycles. The van der Waals surface area contributed by atoms with E-state index in [0.29, 0.717) is 19.0 Å². The Kier molecular flexibility index (Phi) is 4.80. The van der Waals surface area contributed by atoms with E-state index in [0.717, 1.165) is 5.56 Å². The van der Waals surface area contributed by atoms with Crippen LogP contribution in [0, 0.1) is 6.92 Å². The molecule has 0 aliphatic rings. The molecule has 1 rings (SSSR count). The number of aliphatic imine (C=N–C) groups is 1. The van der Waals surface area contributed by atoms with Crippen molar-refractivity contribution in [3.8, 4) is 0 Å². The molecule has 0 spiro atoms. The highest BCUT2D eigenvalue weighted by molar-refractivity contribution is 5.98. The van der Waals surface area contributed by atoms with Gasteiger partial charge in [-0.15, -0.1) is 0 Å². The highest BCUT2D eigenvalue weighted by Gasteiger charge is 2.00. The van der Waals surface area contributed by atoms with Gasteiger partial charge in [-0.2, -0.15) is 0 Å². The lowest BCUT2D eigenvalue weighted by Gasteiger charge is -2.06. The van der Waals surface area contributed by atoms with Crippen molar-refractivity contribution >= 4 is 5.84 Å². The molecule has 0 fully saturated rings. The average Bonchev–Trinajstić information content (AvgIpc) is 2.24. The van der Waals surface area contributed by atoms with Crippen LogP contribution in [0.25, 0.3) is 0 Å². The van der Waals surface area contributed by atoms with Gasteiger partial charge < -0.3 is 10.2 Å². The van der Waals surface area contributed by atoms with Crippen LogP contribution in [0.5, 0.6) is 0 Å². The lowest BCUT2D eigenvalue weighted by Crippen LogP contribution is -2.31. The normalized spacial score (nSPS) is 11.5. The Hall–Kier alpha value is -1.39. The molecule has 0 saturated heterocycles. The summed E-state index contributed by atoms with van der Waals surface area (Å²) in [5.41, 5.74) is 4.78. The van der Waals surface area contributed by atoms with Gasteiger partial charge in [0.15, 0.2) is 0 Å². The second kappa shape index (κ2) is 6.16. The standard InChI is InChI=1S/C11H17N3O/c1-9-4-3-5-10(8-9)11(14-12)13-6-7-15-2/h3-5,8H,6-7,12H2,1-2H3,(H,13,14). The van der Waals surface area contributed by atoms with Gasteiger partial charge in [-0.3, -0.25) is 4.99 Å². The van der Waals surface area contributed by atoms with E-state index in [1.165, 1.54) is 5.56 Å². The first kappa shape index (κ1) is 11.7. The minimum absolute atomic E-state index is 0.594. The first-order chi connectivity index (χ1) is 7.27. The van der Waals surface area contributed by atoms with Crippen LogP contribution >= 0.6 is 0 Å². The highest BCUT2D eigenvalue weighted by Crippen LogP contribution is 2.03. The zero-order chi connectivity index (χ0) is 11.1. The van der Waals surface area contributed by atoms with E-state index in [9.17, 15) is 0 Å². The molecular formula is C11H17N3O. The molecular weight excluding hydrogens is 190 g/mol. The summed E-state index contributed by atoms with van der Waals surface area (Å²) in [7, 11) is 1.65. The molecule has 0 radical (unpaired) electrons. The summed E-state index contributed by atoms with van der Waals surface area (Å²) in [4.78, 5) is 4.30. The van der Waals surface area contributed by atoms with Gasteiger partial charge >= 0.3 is 0 Å². The van der Waals surface area contributed by atoms with Crippen LogP contribution in [0.2, 0.25) is 0 Å². The highest BCUT2D eigenvalue weighted by atomic mass is 16.5. The van der Waals surface area contributed by atoms with E-state index in [1.807, 2.05) is 31.2 Å². The van der Waals surface area contributed by atoms with Crippen molar-refractivity contribution in [2.75, 3.05) is 20.3 Å². The number of nitrogens with two attached hydrogens (primary N) is 1. The zero-order valence-electron chi connectivity index (χ0n) is 9.16. The van der Waals surface area contributed by atoms with Crippen LogP contribution in [-0.2, 0) is 4.74 Å². The van der Waals surface area contributed by atoms with Crippen molar-refractivity contribution in [1.29, 1.82) is 0 Å². The van der Waals surface area contributed by atoms with E-state index in [2.05, 4.69) is 10.4 Å². The second-order valence-electron chi connectivity index (χ2n) is 3.24. The van der Waals surface area contributed by atoms with Gasteiger partial charge in [0.2, 0.25) is 0 Å². The number of benzene rings is 1. The third kappa shape index (κ3) is 3.69. The fourth-order valence-corrected chi connectivity index (χ4v) is 1.26. The van der Waals surface area contributed by atoms with Crippen LogP contribution in [0.1, 0.15) is 11.1 Å². The summed E-state index contributed by atoms with van der Waals surface area (Å²) in [6, 6.07) is 8.02. The zero-order valence-corrected chi connectivity index (χ0v) is 9.16. The minimum Gasteiger partial charge on any atom is -0.383 e. The quantitative estimate of drug-likeness (QED) is 0.253. The molecule has 4 nitrogen and oxygen atoms in total. The Labute approximate surface area is 90.1 Å². The number of hydrogen-bond donors (Lipinski definition) is 2. The van der Waals surface area contributed by atoms with E-state index in [-0.39, 0.29) is 0 Å². The molecule has 0 atom stereocenters. The SMILES string of the molecule is COCCN=C(NN)c1cccc(C)c1. The molecule has 4 heteroatoms. The number of hydrazine groups is 1. The topological polar surface area (TPSA) is 59.6 Å². The summed E-state index contributed by atoms with van der Waals surface area (Å²) < 4.78 is 4.92. The van der Waals surface area contributed by atoms with Crippen LogP contribution < -0.4 is 11.3 Å². The average molecular weight is 207 g/mol. The van der Waals surface area contributed by atoms with Crippen molar-refractivity contribution < 1.29 is 4.74 Å². The lowest BCUT2D eigenvalue weighted by atomic mass is 10.1. The van der Waals surface area contributed by atoms with Crippen molar-refractivity contribution in [3.63, 3.8) is 0 Å². The van der Waals surface area contributed by atoms with Gasteiger partial charge in [0.1, 0.15) is 5.84 Å². The largest absolute Gasteiger partial charge is 0.383 e. The Morgan fingerprint density at radius 3 is 2.93 bits per heavy atom. The number of hydrogen-bond acceptors (Lipinski definition) is 3. The molecule has 0 amide bonds. The van der Waals surface area contributed by atoms with Gasteiger partial charge in [-0.25, -0.2) is 5.84 Å². The smallest absolute Gasteiger partial charge is 0.142 e. The Morgan fingerprint density at radius 1 is 1.53 bits per heavy atom. The van der Waals surface area contributed by atoms with Crippen LogP contribution in [0.15, 0.2) is 29.3 Å². The fourth-order valence-electron chi connectivity index (χ4n) is 1.26. The van der Waals surface area contributed by atoms with Crippen LogP contribution in [-0.4, -0.2) is 26.1 Å². The molecule has 1 aromatic rings. The predicted molar refractivity (Wildman–Crippen MR) is 61.8 cm³/mol. The molecule has 0 aliphatic heterocycles. The lowest BCUT2D eigenvalue weighted by molar-refractivity contribution is 0.208. The molecule has 1 aromatic carbocycles. The maximum atomic E-state index is 5.42. The summed E-state index contributed by atoms with van der Waals surface area (Å²) in [5, 5.41) is 0. The van der Waals surface area contributed by atoms with E-state index >= 15 is 0 Å². The first-order valence-electron chi connectivity index (χ1n) is 4.85. The Bertz CT molecular complexity index is 336. The molecule has 0 aromatic heterocycles. The molecule has 0 unspecified atom stereocenters. The third-order valence-corrected chi connectivity index (χ3v) is 1.99. The summed E-state index contributed by atoms with van der Waals surface area (Å²) in [6.45, 7) is 3.23. The molecule has 0 heterocycles. The van der Waals surface area contributed by atoms with Crippen molar-refractivity contribution in [2.45, 2.75) is 6.92 Å².